The fraction of sp³-hybridized carbons (Fsp3) is 0.281. The highest BCUT2D eigenvalue weighted by Gasteiger charge is 2.22. The number of anilines is 1. The van der Waals surface area contributed by atoms with Crippen LogP contribution in [-0.4, -0.2) is 31.3 Å². The number of aryl methyl sites for hydroxylation is 1. The number of amides is 1. The minimum absolute atomic E-state index is 0.256. The summed E-state index contributed by atoms with van der Waals surface area (Å²) in [6.45, 7) is 3.60. The van der Waals surface area contributed by atoms with Crippen molar-refractivity contribution in [1.29, 1.82) is 0 Å². The van der Waals surface area contributed by atoms with E-state index in [-0.39, 0.29) is 11.5 Å². The molecule has 0 spiro atoms. The number of H-pyrrole nitrogens is 2. The number of nitrogens with zero attached hydrogens (tertiary/aromatic N) is 3. The van der Waals surface area contributed by atoms with Gasteiger partial charge in [0.1, 0.15) is 11.6 Å². The third-order valence-corrected chi connectivity index (χ3v) is 7.30. The maximum absolute atomic E-state index is 13.2. The molecule has 3 aromatic carbocycles. The van der Waals surface area contributed by atoms with Gasteiger partial charge in [-0.1, -0.05) is 61.7 Å². The Balaban J connectivity index is 0.000000500. The average Bonchev–Trinajstić information content (AvgIpc) is 3.49. The van der Waals surface area contributed by atoms with Gasteiger partial charge in [-0.3, -0.25) is 9.59 Å². The van der Waals surface area contributed by atoms with Crippen LogP contribution in [0.15, 0.2) is 83.8 Å². The van der Waals surface area contributed by atoms with E-state index in [0.717, 1.165) is 11.4 Å². The molecule has 5 aromatic rings. The smallest absolute Gasteiger partial charge is 0.258 e. The standard InChI is InChI=1S/C29H29N3O3.C3H5N3/c1-19(27-30-23-15-7-5-14-22(23)29(34)32-27)28(33)31-24-16-8-10-18-26(24)35-25-17-9-6-13-21(25)20-11-3-2-4-12-20;1-3-2-4-6-5-3/h5-10,13-20H,2-4,11-12H2,1H3,(H,31,33)(H,30,32,34);2H,1H3,(H,4,5,6). The molecular weight excluding hydrogens is 516 g/mol. The Bertz CT molecular complexity index is 1660. The van der Waals surface area contributed by atoms with Crippen LogP contribution in [0.5, 0.6) is 11.5 Å². The third-order valence-electron chi connectivity index (χ3n) is 7.30. The number of rotatable bonds is 6. The Morgan fingerprint density at radius 2 is 1.66 bits per heavy atom. The largest absolute Gasteiger partial charge is 0.455 e. The average molecular weight is 551 g/mol. The van der Waals surface area contributed by atoms with E-state index in [2.05, 4.69) is 42.8 Å². The van der Waals surface area contributed by atoms with E-state index in [1.165, 1.54) is 37.7 Å². The molecule has 1 saturated carbocycles. The van der Waals surface area contributed by atoms with Crippen molar-refractivity contribution < 1.29 is 9.53 Å². The zero-order valence-electron chi connectivity index (χ0n) is 23.3. The molecule has 1 amide bonds. The Morgan fingerprint density at radius 3 is 2.39 bits per heavy atom. The molecule has 1 fully saturated rings. The van der Waals surface area contributed by atoms with Gasteiger partial charge in [-0.05, 0) is 68.5 Å². The van der Waals surface area contributed by atoms with Gasteiger partial charge < -0.3 is 15.0 Å². The number of aromatic amines is 2. The van der Waals surface area contributed by atoms with Crippen LogP contribution in [0.1, 0.15) is 67.9 Å². The number of fused-ring (bicyclic) bond motifs is 1. The van der Waals surface area contributed by atoms with Gasteiger partial charge in [0.15, 0.2) is 5.75 Å². The number of ether oxygens (including phenoxy) is 1. The molecule has 1 aliphatic carbocycles. The summed E-state index contributed by atoms with van der Waals surface area (Å²) in [6.07, 6.45) is 7.80. The molecule has 0 radical (unpaired) electrons. The zero-order valence-corrected chi connectivity index (χ0v) is 23.3. The molecule has 0 saturated heterocycles. The molecule has 1 aliphatic rings. The maximum atomic E-state index is 13.2. The fourth-order valence-corrected chi connectivity index (χ4v) is 5.04. The molecule has 3 N–H and O–H groups in total. The zero-order chi connectivity index (χ0) is 28.6. The summed E-state index contributed by atoms with van der Waals surface area (Å²) >= 11 is 0. The molecule has 0 bridgehead atoms. The topological polar surface area (TPSA) is 126 Å². The first kappa shape index (κ1) is 27.8. The van der Waals surface area contributed by atoms with Crippen LogP contribution in [0, 0.1) is 6.92 Å². The Morgan fingerprint density at radius 1 is 0.951 bits per heavy atom. The third kappa shape index (κ3) is 6.87. The predicted molar refractivity (Wildman–Crippen MR) is 159 cm³/mol. The minimum Gasteiger partial charge on any atom is -0.455 e. The van der Waals surface area contributed by atoms with Crippen molar-refractivity contribution >= 4 is 22.5 Å². The lowest BCUT2D eigenvalue weighted by molar-refractivity contribution is -0.117. The normalized spacial score (nSPS) is 14.1. The van der Waals surface area contributed by atoms with Gasteiger partial charge in [-0.15, -0.1) is 0 Å². The lowest BCUT2D eigenvalue weighted by Crippen LogP contribution is -2.23. The highest BCUT2D eigenvalue weighted by Crippen LogP contribution is 2.40. The molecule has 0 aliphatic heterocycles. The van der Waals surface area contributed by atoms with Crippen LogP contribution in [0.2, 0.25) is 0 Å². The van der Waals surface area contributed by atoms with Gasteiger partial charge in [0, 0.05) is 0 Å². The molecule has 41 heavy (non-hydrogen) atoms. The highest BCUT2D eigenvalue weighted by atomic mass is 16.5. The first-order chi connectivity index (χ1) is 20.0. The summed E-state index contributed by atoms with van der Waals surface area (Å²) in [6, 6.07) is 22.7. The predicted octanol–water partition coefficient (Wildman–Crippen LogP) is 6.62. The van der Waals surface area contributed by atoms with Crippen molar-refractivity contribution in [2.24, 2.45) is 0 Å². The summed E-state index contributed by atoms with van der Waals surface area (Å²) in [5, 5.41) is 13.2. The van der Waals surface area contributed by atoms with Crippen LogP contribution < -0.4 is 15.6 Å². The van der Waals surface area contributed by atoms with E-state index in [0.29, 0.717) is 34.1 Å². The highest BCUT2D eigenvalue weighted by molar-refractivity contribution is 5.96. The lowest BCUT2D eigenvalue weighted by Gasteiger charge is -2.24. The van der Waals surface area contributed by atoms with Crippen LogP contribution >= 0.6 is 0 Å². The van der Waals surface area contributed by atoms with Gasteiger partial charge in [0.2, 0.25) is 5.91 Å². The molecule has 9 nitrogen and oxygen atoms in total. The van der Waals surface area contributed by atoms with Gasteiger partial charge in [0.05, 0.1) is 34.4 Å². The fourth-order valence-electron chi connectivity index (χ4n) is 5.04. The van der Waals surface area contributed by atoms with Crippen molar-refractivity contribution in [3.63, 3.8) is 0 Å². The van der Waals surface area contributed by atoms with E-state index < -0.39 is 5.92 Å². The van der Waals surface area contributed by atoms with Crippen LogP contribution in [0.4, 0.5) is 5.69 Å². The Labute approximate surface area is 238 Å². The molecule has 2 heterocycles. The molecule has 210 valence electrons. The summed E-state index contributed by atoms with van der Waals surface area (Å²) in [4.78, 5) is 32.9. The molecule has 9 heteroatoms. The molecule has 1 unspecified atom stereocenters. The van der Waals surface area contributed by atoms with Crippen molar-refractivity contribution in [3.05, 3.63) is 106 Å². The van der Waals surface area contributed by atoms with Crippen molar-refractivity contribution in [2.45, 2.75) is 57.8 Å². The molecule has 1 atom stereocenters. The number of hydrogen-bond donors (Lipinski definition) is 3. The summed E-state index contributed by atoms with van der Waals surface area (Å²) in [5.74, 6) is 1.30. The van der Waals surface area contributed by atoms with Crippen molar-refractivity contribution in [1.82, 2.24) is 25.4 Å². The van der Waals surface area contributed by atoms with Crippen molar-refractivity contribution in [3.8, 4) is 11.5 Å². The number of benzene rings is 3. The summed E-state index contributed by atoms with van der Waals surface area (Å²) < 4.78 is 6.37. The van der Waals surface area contributed by atoms with Gasteiger partial charge in [-0.2, -0.15) is 15.4 Å². The number of hydrogen-bond acceptors (Lipinski definition) is 6. The Hall–Kier alpha value is -4.79. The van der Waals surface area contributed by atoms with Crippen molar-refractivity contribution in [2.75, 3.05) is 5.32 Å². The first-order valence-corrected chi connectivity index (χ1v) is 14.0. The van der Waals surface area contributed by atoms with Crippen LogP contribution in [-0.2, 0) is 4.79 Å². The lowest BCUT2D eigenvalue weighted by atomic mass is 9.84. The quantitative estimate of drug-likeness (QED) is 0.218. The minimum atomic E-state index is -0.658. The van der Waals surface area contributed by atoms with E-state index in [1.807, 2.05) is 49.4 Å². The number of carbonyl (C=O) groups excluding carboxylic acids is 1. The second kappa shape index (κ2) is 13.0. The number of para-hydroxylation sites is 4. The number of nitrogens with one attached hydrogen (secondary N) is 3. The summed E-state index contributed by atoms with van der Waals surface area (Å²) in [5.41, 5.74) is 3.03. The van der Waals surface area contributed by atoms with E-state index >= 15 is 0 Å². The maximum Gasteiger partial charge on any atom is 0.258 e. The number of carbonyl (C=O) groups is 1. The monoisotopic (exact) mass is 550 g/mol. The SMILES string of the molecule is CC(C(=O)Nc1ccccc1Oc1ccccc1C1CCCCC1)c1nc2ccccc2c(=O)[nH]1.Cc1cn[nH]n1. The second-order valence-electron chi connectivity index (χ2n) is 10.3. The van der Waals surface area contributed by atoms with Crippen LogP contribution in [0.3, 0.4) is 0 Å². The molecular formula is C32H34N6O3. The van der Waals surface area contributed by atoms with Gasteiger partial charge in [0.25, 0.3) is 5.56 Å². The first-order valence-electron chi connectivity index (χ1n) is 14.0. The van der Waals surface area contributed by atoms with Gasteiger partial charge >= 0.3 is 0 Å². The van der Waals surface area contributed by atoms with E-state index in [4.69, 9.17) is 4.74 Å². The molecule has 2 aromatic heterocycles. The second-order valence-corrected chi connectivity index (χ2v) is 10.3. The summed E-state index contributed by atoms with van der Waals surface area (Å²) in [7, 11) is 0. The molecule has 6 rings (SSSR count). The van der Waals surface area contributed by atoms with Gasteiger partial charge in [-0.25, -0.2) is 4.98 Å². The van der Waals surface area contributed by atoms with E-state index in [1.54, 1.807) is 31.3 Å². The Kier molecular flexibility index (Phi) is 8.83. The number of aromatic nitrogens is 5. The van der Waals surface area contributed by atoms with E-state index in [9.17, 15) is 9.59 Å². The van der Waals surface area contributed by atoms with Crippen LogP contribution in [0.25, 0.3) is 10.9 Å².